The maximum absolute atomic E-state index is 13.3. The van der Waals surface area contributed by atoms with Crippen molar-refractivity contribution in [1.82, 2.24) is 10.6 Å². The fourth-order valence-electron chi connectivity index (χ4n) is 6.89. The van der Waals surface area contributed by atoms with Crippen molar-refractivity contribution in [2.24, 2.45) is 10.8 Å². The zero-order valence-electron chi connectivity index (χ0n) is 20.9. The number of hydrogen-bond donors (Lipinski definition) is 2. The summed E-state index contributed by atoms with van der Waals surface area (Å²) in [5, 5.41) is 10.8. The number of aryl methyl sites for hydroxylation is 2. The third kappa shape index (κ3) is 4.99. The summed E-state index contributed by atoms with van der Waals surface area (Å²) in [5.74, 6) is 0.174. The zero-order chi connectivity index (χ0) is 23.9. The first-order valence-corrected chi connectivity index (χ1v) is 14.8. The maximum Gasteiger partial charge on any atom is 0.252 e. The molecule has 2 atom stereocenters. The van der Waals surface area contributed by atoms with Crippen LogP contribution in [0.15, 0.2) is 10.8 Å². The first-order valence-electron chi connectivity index (χ1n) is 13.0. The first-order chi connectivity index (χ1) is 16.2. The van der Waals surface area contributed by atoms with Crippen LogP contribution in [0.25, 0.3) is 0 Å². The van der Waals surface area contributed by atoms with Crippen molar-refractivity contribution in [2.75, 3.05) is 6.54 Å². The Morgan fingerprint density at radius 2 is 1.41 bits per heavy atom. The van der Waals surface area contributed by atoms with Crippen LogP contribution in [0.5, 0.6) is 0 Å². The highest BCUT2D eigenvalue weighted by Crippen LogP contribution is 2.46. The molecule has 2 aromatic rings. The highest BCUT2D eigenvalue weighted by atomic mass is 32.1. The molecule has 34 heavy (non-hydrogen) atoms. The van der Waals surface area contributed by atoms with Gasteiger partial charge in [-0.2, -0.15) is 0 Å². The minimum Gasteiger partial charge on any atom is -0.351 e. The van der Waals surface area contributed by atoms with E-state index in [0.29, 0.717) is 6.54 Å². The molecule has 1 saturated carbocycles. The SMILES string of the molecule is CC1(C)C[C@H](NC(=O)c2csc3c2CCCC3)C[C@@](C)(CNC(=O)c2csc3c2CCCC3)C1. The predicted molar refractivity (Wildman–Crippen MR) is 141 cm³/mol. The number of hydrogen-bond acceptors (Lipinski definition) is 4. The molecule has 0 unspecified atom stereocenters. The minimum atomic E-state index is -0.0421. The van der Waals surface area contributed by atoms with E-state index in [1.807, 2.05) is 0 Å². The molecule has 4 nitrogen and oxygen atoms in total. The smallest absolute Gasteiger partial charge is 0.252 e. The van der Waals surface area contributed by atoms with E-state index in [-0.39, 0.29) is 28.7 Å². The molecule has 2 heterocycles. The number of rotatable bonds is 5. The summed E-state index contributed by atoms with van der Waals surface area (Å²) >= 11 is 3.50. The Hall–Kier alpha value is -1.66. The maximum atomic E-state index is 13.3. The van der Waals surface area contributed by atoms with Gasteiger partial charge in [0.05, 0.1) is 11.1 Å². The molecule has 0 spiro atoms. The molecule has 0 aliphatic heterocycles. The summed E-state index contributed by atoms with van der Waals surface area (Å²) in [4.78, 5) is 29.2. The van der Waals surface area contributed by atoms with Gasteiger partial charge in [0.2, 0.25) is 0 Å². The zero-order valence-corrected chi connectivity index (χ0v) is 22.5. The topological polar surface area (TPSA) is 58.2 Å². The molecule has 3 aliphatic rings. The van der Waals surface area contributed by atoms with E-state index < -0.39 is 0 Å². The molecule has 184 valence electrons. The molecular weight excluding hydrogens is 460 g/mol. The number of fused-ring (bicyclic) bond motifs is 2. The summed E-state index contributed by atoms with van der Waals surface area (Å²) in [6, 6.07) is 0.131. The lowest BCUT2D eigenvalue weighted by atomic mass is 9.62. The van der Waals surface area contributed by atoms with Gasteiger partial charge in [-0.3, -0.25) is 9.59 Å². The highest BCUT2D eigenvalue weighted by molar-refractivity contribution is 7.10. The Bertz CT molecular complexity index is 1080. The minimum absolute atomic E-state index is 0.0421. The Labute approximate surface area is 211 Å². The van der Waals surface area contributed by atoms with E-state index >= 15 is 0 Å². The molecule has 0 bridgehead atoms. The van der Waals surface area contributed by atoms with Gasteiger partial charge in [-0.25, -0.2) is 0 Å². The van der Waals surface area contributed by atoms with Crippen molar-refractivity contribution in [2.45, 2.75) is 97.4 Å². The molecule has 5 rings (SSSR count). The Kier molecular flexibility index (Phi) is 6.66. The third-order valence-electron chi connectivity index (χ3n) is 8.07. The van der Waals surface area contributed by atoms with Crippen LogP contribution in [0.1, 0.15) is 107 Å². The van der Waals surface area contributed by atoms with Gasteiger partial charge < -0.3 is 10.6 Å². The van der Waals surface area contributed by atoms with Crippen LogP contribution in [0, 0.1) is 10.8 Å². The summed E-state index contributed by atoms with van der Waals surface area (Å²) in [7, 11) is 0. The van der Waals surface area contributed by atoms with Crippen molar-refractivity contribution < 1.29 is 9.59 Å². The van der Waals surface area contributed by atoms with Crippen LogP contribution >= 0.6 is 22.7 Å². The van der Waals surface area contributed by atoms with Gasteiger partial charge in [-0.15, -0.1) is 22.7 Å². The monoisotopic (exact) mass is 498 g/mol. The summed E-state index contributed by atoms with van der Waals surface area (Å²) in [5.41, 5.74) is 4.45. The van der Waals surface area contributed by atoms with Gasteiger partial charge in [0.15, 0.2) is 0 Å². The van der Waals surface area contributed by atoms with Gasteiger partial charge in [0, 0.05) is 33.1 Å². The number of carbonyl (C=O) groups excluding carboxylic acids is 2. The lowest BCUT2D eigenvalue weighted by Gasteiger charge is -2.47. The molecule has 2 amide bonds. The van der Waals surface area contributed by atoms with Crippen LogP contribution in [0.2, 0.25) is 0 Å². The average molecular weight is 499 g/mol. The van der Waals surface area contributed by atoms with E-state index in [1.165, 1.54) is 46.6 Å². The largest absolute Gasteiger partial charge is 0.351 e. The van der Waals surface area contributed by atoms with Gasteiger partial charge in [-0.1, -0.05) is 20.8 Å². The van der Waals surface area contributed by atoms with E-state index in [4.69, 9.17) is 0 Å². The van der Waals surface area contributed by atoms with Gasteiger partial charge in [0.1, 0.15) is 0 Å². The summed E-state index contributed by atoms with van der Waals surface area (Å²) < 4.78 is 0. The second-order valence-electron chi connectivity index (χ2n) is 11.9. The van der Waals surface area contributed by atoms with Crippen molar-refractivity contribution in [3.63, 3.8) is 0 Å². The van der Waals surface area contributed by atoms with E-state index in [1.54, 1.807) is 22.7 Å². The Balaban J connectivity index is 1.25. The Morgan fingerprint density at radius 3 is 2.03 bits per heavy atom. The summed E-state index contributed by atoms with van der Waals surface area (Å²) in [6.07, 6.45) is 12.1. The highest BCUT2D eigenvalue weighted by Gasteiger charge is 2.42. The van der Waals surface area contributed by atoms with Gasteiger partial charge in [0.25, 0.3) is 11.8 Å². The number of amides is 2. The average Bonchev–Trinajstić information content (AvgIpc) is 3.41. The molecule has 0 saturated heterocycles. The molecule has 0 aromatic carbocycles. The van der Waals surface area contributed by atoms with Crippen molar-refractivity contribution in [3.05, 3.63) is 42.8 Å². The standard InChI is InChI=1S/C28H38N2O2S2/c1-27(2)12-18(30-26(32)22-15-34-24-11-7-5-9-20(22)24)13-28(3,16-27)17-29-25(31)21-14-33-23-10-6-4-8-19(21)23/h14-15,18H,4-13,16-17H2,1-3H3,(H,29,31)(H,30,32)/t18-,28+/m0/s1. The van der Waals surface area contributed by atoms with Crippen LogP contribution in [0.4, 0.5) is 0 Å². The molecular formula is C28H38N2O2S2. The van der Waals surface area contributed by atoms with Crippen LogP contribution in [-0.4, -0.2) is 24.4 Å². The van der Waals surface area contributed by atoms with Gasteiger partial charge in [-0.05, 0) is 92.6 Å². The first kappa shape index (κ1) is 24.1. The summed E-state index contributed by atoms with van der Waals surface area (Å²) in [6.45, 7) is 7.53. The van der Waals surface area contributed by atoms with Crippen LogP contribution in [0.3, 0.4) is 0 Å². The lowest BCUT2D eigenvalue weighted by Crippen LogP contribution is -2.50. The van der Waals surface area contributed by atoms with E-state index in [2.05, 4.69) is 42.2 Å². The molecule has 2 N–H and O–H groups in total. The van der Waals surface area contributed by atoms with Gasteiger partial charge >= 0.3 is 0 Å². The number of nitrogens with one attached hydrogen (secondary N) is 2. The van der Waals surface area contributed by atoms with E-state index in [0.717, 1.165) is 56.1 Å². The second-order valence-corrected chi connectivity index (χ2v) is 13.9. The fourth-order valence-corrected chi connectivity index (χ4v) is 9.14. The fraction of sp³-hybridized carbons (Fsp3) is 0.643. The second kappa shape index (κ2) is 9.42. The van der Waals surface area contributed by atoms with E-state index in [9.17, 15) is 9.59 Å². The van der Waals surface area contributed by atoms with Crippen LogP contribution in [-0.2, 0) is 25.7 Å². The van der Waals surface area contributed by atoms with Crippen molar-refractivity contribution in [1.29, 1.82) is 0 Å². The number of carbonyl (C=O) groups is 2. The molecule has 6 heteroatoms. The lowest BCUT2D eigenvalue weighted by molar-refractivity contribution is 0.0591. The molecule has 3 aliphatic carbocycles. The number of thiophene rings is 2. The third-order valence-corrected chi connectivity index (χ3v) is 10.2. The quantitative estimate of drug-likeness (QED) is 0.507. The molecule has 1 fully saturated rings. The molecule has 0 radical (unpaired) electrons. The molecule has 2 aromatic heterocycles. The van der Waals surface area contributed by atoms with Crippen LogP contribution < -0.4 is 10.6 Å². The normalized spacial score (nSPS) is 25.8. The van der Waals surface area contributed by atoms with Crippen molar-refractivity contribution >= 4 is 34.5 Å². The predicted octanol–water partition coefficient (Wildman–Crippen LogP) is 6.31. The van der Waals surface area contributed by atoms with Crippen molar-refractivity contribution in [3.8, 4) is 0 Å². The Morgan fingerprint density at radius 1 is 0.853 bits per heavy atom.